The van der Waals surface area contributed by atoms with Crippen LogP contribution in [-0.2, 0) is 17.9 Å². The molecule has 1 heterocycles. The highest BCUT2D eigenvalue weighted by Crippen LogP contribution is 2.17. The molecule has 7 nitrogen and oxygen atoms in total. The Morgan fingerprint density at radius 3 is 2.38 bits per heavy atom. The summed E-state index contributed by atoms with van der Waals surface area (Å²) in [7, 11) is 0. The average Bonchev–Trinajstić information content (AvgIpc) is 2.78. The molecule has 0 unspecified atom stereocenters. The molecule has 0 atom stereocenters. The minimum atomic E-state index is -0.897. The molecule has 0 bridgehead atoms. The molecule has 0 aromatic carbocycles. The van der Waals surface area contributed by atoms with E-state index in [0.717, 1.165) is 18.3 Å². The molecule has 1 aromatic heterocycles. The van der Waals surface area contributed by atoms with Crippen LogP contribution >= 0.6 is 11.8 Å². The van der Waals surface area contributed by atoms with Gasteiger partial charge in [0.25, 0.3) is 0 Å². The summed E-state index contributed by atoms with van der Waals surface area (Å²) in [5.74, 6) is -0.497. The van der Waals surface area contributed by atoms with Gasteiger partial charge < -0.3 is 14.8 Å². The van der Waals surface area contributed by atoms with Crippen LogP contribution in [0.5, 0.6) is 0 Å². The van der Waals surface area contributed by atoms with Crippen LogP contribution in [0.2, 0.25) is 0 Å². The molecule has 120 valence electrons. The third kappa shape index (κ3) is 5.29. The van der Waals surface area contributed by atoms with Crippen LogP contribution in [0, 0.1) is 0 Å². The fraction of sp³-hybridized carbons (Fsp3) is 0.769. The van der Waals surface area contributed by atoms with Crippen molar-refractivity contribution in [2.24, 2.45) is 0 Å². The number of aliphatic hydroxyl groups is 1. The Balaban J connectivity index is 2.80. The van der Waals surface area contributed by atoms with E-state index in [1.807, 2.05) is 0 Å². The van der Waals surface area contributed by atoms with Gasteiger partial charge in [0, 0.05) is 25.2 Å². The van der Waals surface area contributed by atoms with Crippen LogP contribution in [0.1, 0.15) is 33.5 Å². The molecule has 0 spiro atoms. The summed E-state index contributed by atoms with van der Waals surface area (Å²) in [5, 5.41) is 26.5. The summed E-state index contributed by atoms with van der Waals surface area (Å²) in [6.07, 6.45) is 0. The fourth-order valence-electron chi connectivity index (χ4n) is 2.22. The summed E-state index contributed by atoms with van der Waals surface area (Å²) in [5.41, 5.74) is 0. The van der Waals surface area contributed by atoms with E-state index in [1.54, 1.807) is 4.57 Å². The first-order valence-corrected chi connectivity index (χ1v) is 7.98. The zero-order chi connectivity index (χ0) is 16.0. The van der Waals surface area contributed by atoms with E-state index < -0.39 is 5.97 Å². The molecule has 8 heteroatoms. The molecule has 0 radical (unpaired) electrons. The average molecular weight is 316 g/mol. The third-order valence-corrected chi connectivity index (χ3v) is 4.12. The van der Waals surface area contributed by atoms with Crippen molar-refractivity contribution in [3.8, 4) is 0 Å². The largest absolute Gasteiger partial charge is 0.481 e. The van der Waals surface area contributed by atoms with Gasteiger partial charge in [0.15, 0.2) is 11.0 Å². The van der Waals surface area contributed by atoms with Crippen molar-refractivity contribution >= 4 is 17.7 Å². The number of aliphatic hydroxyl groups excluding tert-OH is 1. The predicted molar refractivity (Wildman–Crippen MR) is 81.3 cm³/mol. The van der Waals surface area contributed by atoms with E-state index in [1.165, 1.54) is 0 Å². The minimum absolute atomic E-state index is 0.0678. The zero-order valence-electron chi connectivity index (χ0n) is 13.0. The van der Waals surface area contributed by atoms with Gasteiger partial charge in [-0.1, -0.05) is 11.8 Å². The van der Waals surface area contributed by atoms with Gasteiger partial charge in [-0.3, -0.25) is 9.69 Å². The molecule has 0 fully saturated rings. The minimum Gasteiger partial charge on any atom is -0.481 e. The second kappa shape index (κ2) is 8.35. The van der Waals surface area contributed by atoms with Gasteiger partial charge in [-0.25, -0.2) is 0 Å². The fourth-order valence-corrected chi connectivity index (χ4v) is 2.93. The molecule has 1 aromatic rings. The molecule has 1 rings (SSSR count). The Morgan fingerprint density at radius 2 is 1.90 bits per heavy atom. The van der Waals surface area contributed by atoms with Crippen LogP contribution < -0.4 is 0 Å². The van der Waals surface area contributed by atoms with Gasteiger partial charge in [-0.05, 0) is 27.7 Å². The number of carbonyl (C=O) groups is 1. The number of aromatic nitrogens is 3. The topological polar surface area (TPSA) is 91.5 Å². The quantitative estimate of drug-likeness (QED) is 0.658. The molecule has 21 heavy (non-hydrogen) atoms. The van der Waals surface area contributed by atoms with Crippen LogP contribution in [0.4, 0.5) is 0 Å². The highest BCUT2D eigenvalue weighted by Gasteiger charge is 2.17. The maximum absolute atomic E-state index is 10.7. The number of hydrogen-bond acceptors (Lipinski definition) is 6. The molecule has 0 saturated carbocycles. The first kappa shape index (κ1) is 17.9. The van der Waals surface area contributed by atoms with E-state index >= 15 is 0 Å². The first-order chi connectivity index (χ1) is 9.86. The van der Waals surface area contributed by atoms with Crippen molar-refractivity contribution in [1.29, 1.82) is 0 Å². The maximum Gasteiger partial charge on any atom is 0.313 e. The van der Waals surface area contributed by atoms with Crippen molar-refractivity contribution in [3.63, 3.8) is 0 Å². The number of carboxylic acids is 1. The highest BCUT2D eigenvalue weighted by molar-refractivity contribution is 7.99. The lowest BCUT2D eigenvalue weighted by atomic mass is 10.2. The van der Waals surface area contributed by atoms with E-state index in [9.17, 15) is 9.90 Å². The van der Waals surface area contributed by atoms with Crippen LogP contribution in [-0.4, -0.2) is 60.2 Å². The monoisotopic (exact) mass is 316 g/mol. The van der Waals surface area contributed by atoms with Crippen molar-refractivity contribution in [2.75, 3.05) is 12.3 Å². The smallest absolute Gasteiger partial charge is 0.313 e. The number of thioether (sulfide) groups is 1. The van der Waals surface area contributed by atoms with Gasteiger partial charge in [-0.15, -0.1) is 10.2 Å². The Bertz CT molecular complexity index is 454. The summed E-state index contributed by atoms with van der Waals surface area (Å²) in [4.78, 5) is 13.0. The Kier molecular flexibility index (Phi) is 7.13. The summed E-state index contributed by atoms with van der Waals surface area (Å²) < 4.78 is 1.80. The van der Waals surface area contributed by atoms with E-state index in [-0.39, 0.29) is 12.4 Å². The Hall–Kier alpha value is -1.12. The first-order valence-electron chi connectivity index (χ1n) is 7.00. The summed E-state index contributed by atoms with van der Waals surface area (Å²) in [6, 6.07) is 0.823. The molecule has 0 aliphatic rings. The number of rotatable bonds is 9. The van der Waals surface area contributed by atoms with Crippen molar-refractivity contribution < 1.29 is 15.0 Å². The lowest BCUT2D eigenvalue weighted by Crippen LogP contribution is -2.39. The van der Waals surface area contributed by atoms with Crippen LogP contribution in [0.3, 0.4) is 0 Å². The van der Waals surface area contributed by atoms with Crippen LogP contribution in [0.25, 0.3) is 0 Å². The second-order valence-corrected chi connectivity index (χ2v) is 6.26. The van der Waals surface area contributed by atoms with Crippen molar-refractivity contribution in [2.45, 2.75) is 58.1 Å². The SMILES string of the molecule is CC(C)N(CCn1c(CO)nnc1SCC(=O)O)C(C)C. The zero-order valence-corrected chi connectivity index (χ0v) is 13.8. The third-order valence-electron chi connectivity index (χ3n) is 3.17. The Labute approximate surface area is 129 Å². The normalized spacial score (nSPS) is 11.8. The molecule has 2 N–H and O–H groups in total. The van der Waals surface area contributed by atoms with Crippen molar-refractivity contribution in [3.05, 3.63) is 5.82 Å². The van der Waals surface area contributed by atoms with Gasteiger partial charge in [0.1, 0.15) is 6.61 Å². The molecule has 0 amide bonds. The van der Waals surface area contributed by atoms with Crippen molar-refractivity contribution in [1.82, 2.24) is 19.7 Å². The number of nitrogens with zero attached hydrogens (tertiary/aromatic N) is 4. The maximum atomic E-state index is 10.7. The number of hydrogen-bond donors (Lipinski definition) is 2. The summed E-state index contributed by atoms with van der Waals surface area (Å²) >= 11 is 1.12. The standard InChI is InChI=1S/C13H24N4O3S/c1-9(2)16(10(3)4)5-6-17-11(7-18)14-15-13(17)21-8-12(19)20/h9-10,18H,5-8H2,1-4H3,(H,19,20). The van der Waals surface area contributed by atoms with Gasteiger partial charge >= 0.3 is 5.97 Å². The Morgan fingerprint density at radius 1 is 1.29 bits per heavy atom. The predicted octanol–water partition coefficient (Wildman–Crippen LogP) is 1.07. The molecular formula is C13H24N4O3S. The van der Waals surface area contributed by atoms with E-state index in [4.69, 9.17) is 5.11 Å². The summed E-state index contributed by atoms with van der Waals surface area (Å²) in [6.45, 7) is 9.77. The van der Waals surface area contributed by atoms with Gasteiger partial charge in [-0.2, -0.15) is 0 Å². The molecule has 0 aliphatic carbocycles. The number of aliphatic carboxylic acids is 1. The highest BCUT2D eigenvalue weighted by atomic mass is 32.2. The molecular weight excluding hydrogens is 292 g/mol. The van der Waals surface area contributed by atoms with Gasteiger partial charge in [0.05, 0.1) is 5.75 Å². The second-order valence-electron chi connectivity index (χ2n) is 5.32. The lowest BCUT2D eigenvalue weighted by molar-refractivity contribution is -0.133. The van der Waals surface area contributed by atoms with Gasteiger partial charge in [0.2, 0.25) is 0 Å². The number of carboxylic acid groups (broad SMARTS) is 1. The van der Waals surface area contributed by atoms with E-state index in [0.29, 0.717) is 29.6 Å². The van der Waals surface area contributed by atoms with E-state index in [2.05, 4.69) is 42.8 Å². The van der Waals surface area contributed by atoms with Crippen LogP contribution in [0.15, 0.2) is 5.16 Å². The lowest BCUT2D eigenvalue weighted by Gasteiger charge is -2.30. The molecule has 0 saturated heterocycles. The molecule has 0 aliphatic heterocycles.